The Hall–Kier alpha value is -3.85. The first-order chi connectivity index (χ1) is 17.4. The van der Waals surface area contributed by atoms with Crippen LogP contribution in [0.4, 0.5) is 17.1 Å². The van der Waals surface area contributed by atoms with Crippen LogP contribution in [0.1, 0.15) is 23.1 Å². The molecule has 9 heteroatoms. The Morgan fingerprint density at radius 3 is 2.22 bits per heavy atom. The third kappa shape index (κ3) is 6.42. The topological polar surface area (TPSA) is 66.4 Å². The molecule has 0 unspecified atom stereocenters. The molecule has 2 heterocycles. The van der Waals surface area contributed by atoms with Crippen LogP contribution in [0.3, 0.4) is 0 Å². The van der Waals surface area contributed by atoms with Crippen molar-refractivity contribution < 1.29 is 4.57 Å². The molecule has 0 bridgehead atoms. The fourth-order valence-electron chi connectivity index (χ4n) is 3.70. The van der Waals surface area contributed by atoms with Crippen molar-refractivity contribution in [3.63, 3.8) is 0 Å². The largest absolute Gasteiger partial charge is 0.368 e. The molecule has 0 saturated carbocycles. The van der Waals surface area contributed by atoms with E-state index >= 15 is 0 Å². The summed E-state index contributed by atoms with van der Waals surface area (Å²) in [5.41, 5.74) is 4.97. The van der Waals surface area contributed by atoms with Crippen molar-refractivity contribution in [2.45, 2.75) is 27.3 Å². The summed E-state index contributed by atoms with van der Waals surface area (Å²) in [7, 11) is 4.04. The summed E-state index contributed by atoms with van der Waals surface area (Å²) in [6.45, 7) is 9.19. The van der Waals surface area contributed by atoms with E-state index in [0.717, 1.165) is 41.4 Å². The lowest BCUT2D eigenvalue weighted by molar-refractivity contribution is -0.671. The predicted octanol–water partition coefficient (Wildman–Crippen LogP) is 5.21. The smallest absolute Gasteiger partial charge is 0.243 e. The molecule has 36 heavy (non-hydrogen) atoms. The van der Waals surface area contributed by atoms with Crippen molar-refractivity contribution in [3.8, 4) is 0 Å². The van der Waals surface area contributed by atoms with E-state index in [1.807, 2.05) is 50.5 Å². The molecule has 0 saturated heterocycles. The van der Waals surface area contributed by atoms with Crippen molar-refractivity contribution in [2.24, 2.45) is 34.5 Å². The average Bonchev–Trinajstić information content (AvgIpc) is 3.42. The van der Waals surface area contributed by atoms with Gasteiger partial charge in [-0.15, -0.1) is 16.4 Å². The van der Waals surface area contributed by atoms with Crippen molar-refractivity contribution in [3.05, 3.63) is 88.2 Å². The van der Waals surface area contributed by atoms with Crippen LogP contribution in [-0.4, -0.2) is 28.4 Å². The third-order valence-electron chi connectivity index (χ3n) is 6.12. The quantitative estimate of drug-likeness (QED) is 0.134. The number of likely N-dealkylation sites (N-methyl/N-ethyl adjacent to an activating group) is 1. The van der Waals surface area contributed by atoms with Crippen molar-refractivity contribution >= 4 is 34.6 Å². The van der Waals surface area contributed by atoms with Crippen LogP contribution in [-0.2, 0) is 20.6 Å². The number of hydrogen-bond donors (Lipinski definition) is 0. The summed E-state index contributed by atoms with van der Waals surface area (Å²) in [4.78, 5) is 4.49. The van der Waals surface area contributed by atoms with Gasteiger partial charge >= 0.3 is 0 Å². The predicted molar refractivity (Wildman–Crippen MR) is 146 cm³/mol. The van der Waals surface area contributed by atoms with Gasteiger partial charge in [-0.25, -0.2) is 9.13 Å². The minimum Gasteiger partial charge on any atom is -0.368 e. The summed E-state index contributed by atoms with van der Waals surface area (Å²) in [6.07, 6.45) is 8.00. The molecule has 0 radical (unpaired) electrons. The highest BCUT2D eigenvalue weighted by Crippen LogP contribution is 2.22. The van der Waals surface area contributed by atoms with Gasteiger partial charge in [0.1, 0.15) is 18.9 Å². The van der Waals surface area contributed by atoms with Crippen LogP contribution < -0.4 is 14.3 Å². The average molecular weight is 502 g/mol. The van der Waals surface area contributed by atoms with E-state index in [-0.39, 0.29) is 0 Å². The molecule has 0 fully saturated rings. The Kier molecular flexibility index (Phi) is 8.22. The second-order valence-corrected chi connectivity index (χ2v) is 9.82. The standard InChI is InChI=1S/C27H33N8S/c1-6-35(18-17-34-16-15-32(4)20-34)26-13-11-25(12-14-26)30-29-24-9-7-23(8-10-24)19-28-31-27-33(5)21(2)22(3)36-27/h7-16,19-20H,6,17-18H2,1-5H3/q+1. The van der Waals surface area contributed by atoms with E-state index in [2.05, 4.69) is 90.7 Å². The Morgan fingerprint density at radius 2 is 1.67 bits per heavy atom. The number of hydrogen-bond acceptors (Lipinski definition) is 6. The second kappa shape index (κ2) is 11.7. The fraction of sp³-hybridized carbons (Fsp3) is 0.296. The van der Waals surface area contributed by atoms with Gasteiger partial charge in [0.25, 0.3) is 0 Å². The minimum atomic E-state index is 0.791. The molecule has 0 N–H and O–H groups in total. The van der Waals surface area contributed by atoms with Gasteiger partial charge in [0.05, 0.1) is 31.2 Å². The maximum Gasteiger partial charge on any atom is 0.243 e. The van der Waals surface area contributed by atoms with Gasteiger partial charge in [-0.1, -0.05) is 12.1 Å². The van der Waals surface area contributed by atoms with Gasteiger partial charge in [0, 0.05) is 29.9 Å². The zero-order valence-electron chi connectivity index (χ0n) is 21.5. The SMILES string of the molecule is CCN(CCn1cc[n+](C)c1)c1ccc(N=Nc2ccc(C=NN=c3sc(C)c(C)n3C)cc2)cc1. The highest BCUT2D eigenvalue weighted by molar-refractivity contribution is 7.09. The molecular formula is C27H33N8S+. The molecule has 0 aliphatic rings. The molecular weight excluding hydrogens is 468 g/mol. The molecule has 4 aromatic rings. The summed E-state index contributed by atoms with van der Waals surface area (Å²) in [5, 5.41) is 17.4. The molecule has 0 amide bonds. The zero-order chi connectivity index (χ0) is 25.5. The van der Waals surface area contributed by atoms with Crippen molar-refractivity contribution in [1.29, 1.82) is 0 Å². The minimum absolute atomic E-state index is 0.791. The molecule has 0 aliphatic heterocycles. The van der Waals surface area contributed by atoms with Crippen LogP contribution >= 0.6 is 11.3 Å². The van der Waals surface area contributed by atoms with Crippen LogP contribution in [0.2, 0.25) is 0 Å². The van der Waals surface area contributed by atoms with Crippen LogP contribution in [0.25, 0.3) is 0 Å². The van der Waals surface area contributed by atoms with Crippen molar-refractivity contribution in [1.82, 2.24) is 9.13 Å². The Balaban J connectivity index is 1.34. The van der Waals surface area contributed by atoms with Crippen LogP contribution in [0, 0.1) is 13.8 Å². The van der Waals surface area contributed by atoms with Crippen molar-refractivity contribution in [2.75, 3.05) is 18.0 Å². The highest BCUT2D eigenvalue weighted by Gasteiger charge is 2.07. The second-order valence-electron chi connectivity index (χ2n) is 8.63. The molecule has 0 aliphatic carbocycles. The number of thiazole rings is 1. The Morgan fingerprint density at radius 1 is 1.00 bits per heavy atom. The first kappa shape index (κ1) is 25.2. The maximum atomic E-state index is 4.40. The van der Waals surface area contributed by atoms with E-state index < -0.39 is 0 Å². The first-order valence-corrected chi connectivity index (χ1v) is 12.8. The molecule has 0 atom stereocenters. The lowest BCUT2D eigenvalue weighted by Crippen LogP contribution is -2.28. The van der Waals surface area contributed by atoms with Crippen LogP contribution in [0.15, 0.2) is 87.7 Å². The lowest BCUT2D eigenvalue weighted by atomic mass is 10.2. The van der Waals surface area contributed by atoms with Gasteiger partial charge in [-0.3, -0.25) is 0 Å². The van der Waals surface area contributed by atoms with E-state index in [9.17, 15) is 0 Å². The van der Waals surface area contributed by atoms with E-state index in [1.54, 1.807) is 17.6 Å². The van der Waals surface area contributed by atoms with E-state index in [4.69, 9.17) is 0 Å². The number of anilines is 1. The summed E-state index contributed by atoms with van der Waals surface area (Å²) in [6, 6.07) is 16.0. The Bertz CT molecular complexity index is 1410. The highest BCUT2D eigenvalue weighted by atomic mass is 32.1. The number of benzene rings is 2. The van der Waals surface area contributed by atoms with E-state index in [0.29, 0.717) is 0 Å². The Labute approximate surface area is 216 Å². The molecule has 2 aromatic carbocycles. The molecule has 4 rings (SSSR count). The number of aromatic nitrogens is 3. The summed E-state index contributed by atoms with van der Waals surface area (Å²) < 4.78 is 6.31. The van der Waals surface area contributed by atoms with Gasteiger partial charge < -0.3 is 9.47 Å². The third-order valence-corrected chi connectivity index (χ3v) is 7.26. The first-order valence-electron chi connectivity index (χ1n) is 12.0. The molecule has 2 aromatic heterocycles. The number of aryl methyl sites for hydroxylation is 2. The van der Waals surface area contributed by atoms with Crippen LogP contribution in [0.5, 0.6) is 0 Å². The monoisotopic (exact) mass is 501 g/mol. The molecule has 0 spiro atoms. The summed E-state index contributed by atoms with van der Waals surface area (Å²) in [5.74, 6) is 0. The van der Waals surface area contributed by atoms with E-state index in [1.165, 1.54) is 16.3 Å². The van der Waals surface area contributed by atoms with Gasteiger partial charge in [-0.05, 0) is 62.7 Å². The van der Waals surface area contributed by atoms with Gasteiger partial charge in [0.2, 0.25) is 11.1 Å². The normalized spacial score (nSPS) is 12.3. The fourth-order valence-corrected chi connectivity index (χ4v) is 4.62. The number of imidazole rings is 1. The number of nitrogens with zero attached hydrogens (tertiary/aromatic N) is 8. The lowest BCUT2D eigenvalue weighted by Gasteiger charge is -2.22. The number of azo groups is 1. The molecule has 186 valence electrons. The maximum absolute atomic E-state index is 4.40. The zero-order valence-corrected chi connectivity index (χ0v) is 22.4. The summed E-state index contributed by atoms with van der Waals surface area (Å²) >= 11 is 1.64. The number of rotatable bonds is 9. The van der Waals surface area contributed by atoms with Gasteiger partial charge in [0.15, 0.2) is 0 Å². The molecule has 8 nitrogen and oxygen atoms in total. The van der Waals surface area contributed by atoms with Gasteiger partial charge in [-0.2, -0.15) is 15.3 Å².